The maximum absolute atomic E-state index is 12.7. The number of rotatable bonds is 6. The predicted molar refractivity (Wildman–Crippen MR) is 94.4 cm³/mol. The predicted octanol–water partition coefficient (Wildman–Crippen LogP) is 2.83. The number of aromatic nitrogens is 4. The molecule has 1 amide bonds. The fourth-order valence-corrected chi connectivity index (χ4v) is 4.64. The van der Waals surface area contributed by atoms with Gasteiger partial charge in [-0.1, -0.05) is 17.8 Å². The average molecular weight is 375 g/mol. The molecule has 0 aromatic carbocycles. The Morgan fingerprint density at radius 1 is 1.40 bits per heavy atom. The molecule has 25 heavy (non-hydrogen) atoms. The number of tetrazole rings is 1. The summed E-state index contributed by atoms with van der Waals surface area (Å²) in [5.41, 5.74) is 0. The molecule has 9 heteroatoms. The van der Waals surface area contributed by atoms with Crippen molar-refractivity contribution in [1.82, 2.24) is 25.1 Å². The summed E-state index contributed by atoms with van der Waals surface area (Å²) in [5.74, 6) is 1.24. The molecule has 4 heterocycles. The van der Waals surface area contributed by atoms with Crippen LogP contribution in [0.3, 0.4) is 0 Å². The lowest BCUT2D eigenvalue weighted by Gasteiger charge is -2.23. The zero-order chi connectivity index (χ0) is 17.1. The van der Waals surface area contributed by atoms with Gasteiger partial charge < -0.3 is 9.32 Å². The van der Waals surface area contributed by atoms with Crippen LogP contribution in [0.25, 0.3) is 0 Å². The number of furan rings is 1. The van der Waals surface area contributed by atoms with Crippen molar-refractivity contribution < 1.29 is 9.21 Å². The van der Waals surface area contributed by atoms with E-state index in [0.29, 0.717) is 17.5 Å². The van der Waals surface area contributed by atoms with E-state index in [9.17, 15) is 4.79 Å². The highest BCUT2D eigenvalue weighted by molar-refractivity contribution is 7.99. The third-order valence-corrected chi connectivity index (χ3v) is 6.07. The Balaban J connectivity index is 1.38. The van der Waals surface area contributed by atoms with Crippen LogP contribution < -0.4 is 0 Å². The molecule has 1 aliphatic heterocycles. The Hall–Kier alpha value is -2.13. The second kappa shape index (κ2) is 7.40. The molecule has 4 rings (SSSR count). The Morgan fingerprint density at radius 3 is 3.16 bits per heavy atom. The number of hydrogen-bond donors (Lipinski definition) is 0. The summed E-state index contributed by atoms with van der Waals surface area (Å²) < 4.78 is 6.97. The van der Waals surface area contributed by atoms with Crippen LogP contribution in [0.2, 0.25) is 0 Å². The van der Waals surface area contributed by atoms with Gasteiger partial charge in [0, 0.05) is 11.4 Å². The number of nitrogens with zero attached hydrogens (tertiary/aromatic N) is 5. The standard InChI is InChI=1S/C16H17N5O2S2/c22-15(20-7-1-5-13(20)14-6-3-9-24-14)11-25-16-17-18-19-21(16)10-12-4-2-8-23-12/h2-4,6,8-9,13H,1,5,7,10-11H2/t13-/m0/s1. The minimum Gasteiger partial charge on any atom is -0.467 e. The summed E-state index contributed by atoms with van der Waals surface area (Å²) in [6.07, 6.45) is 3.70. The molecule has 0 spiro atoms. The second-order valence-corrected chi connectivity index (χ2v) is 7.67. The van der Waals surface area contributed by atoms with E-state index in [1.807, 2.05) is 23.1 Å². The monoisotopic (exact) mass is 375 g/mol. The van der Waals surface area contributed by atoms with Crippen molar-refractivity contribution in [3.05, 3.63) is 46.5 Å². The molecule has 1 saturated heterocycles. The van der Waals surface area contributed by atoms with Crippen molar-refractivity contribution in [2.24, 2.45) is 0 Å². The minimum atomic E-state index is 0.133. The summed E-state index contributed by atoms with van der Waals surface area (Å²) in [6, 6.07) is 8.06. The topological polar surface area (TPSA) is 77.0 Å². The number of thioether (sulfide) groups is 1. The molecule has 0 aliphatic carbocycles. The molecule has 1 atom stereocenters. The lowest BCUT2D eigenvalue weighted by Crippen LogP contribution is -2.31. The first-order chi connectivity index (χ1) is 12.3. The van der Waals surface area contributed by atoms with Crippen LogP contribution in [-0.4, -0.2) is 43.3 Å². The van der Waals surface area contributed by atoms with Crippen molar-refractivity contribution >= 4 is 29.0 Å². The molecule has 0 saturated carbocycles. The smallest absolute Gasteiger partial charge is 0.233 e. The zero-order valence-corrected chi connectivity index (χ0v) is 15.1. The number of hydrogen-bond acceptors (Lipinski definition) is 7. The van der Waals surface area contributed by atoms with Crippen LogP contribution in [0.5, 0.6) is 0 Å². The van der Waals surface area contributed by atoms with Gasteiger partial charge in [0.15, 0.2) is 0 Å². The number of amides is 1. The summed E-state index contributed by atoms with van der Waals surface area (Å²) in [7, 11) is 0. The fourth-order valence-electron chi connectivity index (χ4n) is 3.00. The van der Waals surface area contributed by atoms with Gasteiger partial charge >= 0.3 is 0 Å². The van der Waals surface area contributed by atoms with Gasteiger partial charge in [-0.25, -0.2) is 4.68 Å². The molecular weight excluding hydrogens is 358 g/mol. The number of thiophene rings is 1. The van der Waals surface area contributed by atoms with Crippen LogP contribution in [0.4, 0.5) is 0 Å². The van der Waals surface area contributed by atoms with Crippen molar-refractivity contribution in [3.8, 4) is 0 Å². The SMILES string of the molecule is O=C(CSc1nnnn1Cc1ccco1)N1CCC[C@H]1c1cccs1. The Morgan fingerprint density at radius 2 is 2.36 bits per heavy atom. The maximum atomic E-state index is 12.7. The van der Waals surface area contributed by atoms with Gasteiger partial charge in [0.2, 0.25) is 11.1 Å². The molecule has 130 valence electrons. The van der Waals surface area contributed by atoms with E-state index in [2.05, 4.69) is 27.0 Å². The van der Waals surface area contributed by atoms with Crippen LogP contribution in [0, 0.1) is 0 Å². The molecule has 0 radical (unpaired) electrons. The van der Waals surface area contributed by atoms with E-state index in [1.54, 1.807) is 22.3 Å². The minimum absolute atomic E-state index is 0.133. The summed E-state index contributed by atoms with van der Waals surface area (Å²) in [6.45, 7) is 1.28. The molecule has 0 bridgehead atoms. The first-order valence-electron chi connectivity index (χ1n) is 8.05. The van der Waals surface area contributed by atoms with Crippen molar-refractivity contribution in [3.63, 3.8) is 0 Å². The zero-order valence-electron chi connectivity index (χ0n) is 13.4. The van der Waals surface area contributed by atoms with Crippen molar-refractivity contribution in [2.45, 2.75) is 30.6 Å². The second-order valence-electron chi connectivity index (χ2n) is 5.75. The lowest BCUT2D eigenvalue weighted by molar-refractivity contribution is -0.129. The van der Waals surface area contributed by atoms with E-state index in [0.717, 1.165) is 25.1 Å². The Labute approximate surface area is 153 Å². The normalized spacial score (nSPS) is 17.3. The van der Waals surface area contributed by atoms with E-state index >= 15 is 0 Å². The molecule has 1 fully saturated rings. The third-order valence-electron chi connectivity index (χ3n) is 4.15. The highest BCUT2D eigenvalue weighted by Gasteiger charge is 2.30. The molecule has 3 aromatic heterocycles. The summed E-state index contributed by atoms with van der Waals surface area (Å²) in [4.78, 5) is 15.9. The van der Waals surface area contributed by atoms with E-state index in [1.165, 1.54) is 16.6 Å². The first-order valence-corrected chi connectivity index (χ1v) is 9.92. The molecule has 7 nitrogen and oxygen atoms in total. The quantitative estimate of drug-likeness (QED) is 0.617. The molecule has 1 aliphatic rings. The van der Waals surface area contributed by atoms with Crippen LogP contribution in [-0.2, 0) is 11.3 Å². The maximum Gasteiger partial charge on any atom is 0.233 e. The molecule has 3 aromatic rings. The number of carbonyl (C=O) groups is 1. The van der Waals surface area contributed by atoms with Gasteiger partial charge in [0.1, 0.15) is 12.3 Å². The van der Waals surface area contributed by atoms with Crippen molar-refractivity contribution in [1.29, 1.82) is 0 Å². The first kappa shape index (κ1) is 16.3. The van der Waals surface area contributed by atoms with Gasteiger partial charge in [0.05, 0.1) is 18.1 Å². The Kier molecular flexibility index (Phi) is 4.84. The molecule has 0 N–H and O–H groups in total. The average Bonchev–Trinajstić information content (AvgIpc) is 3.39. The van der Waals surface area contributed by atoms with E-state index in [4.69, 9.17) is 4.42 Å². The van der Waals surface area contributed by atoms with Crippen LogP contribution in [0.1, 0.15) is 29.5 Å². The number of carbonyl (C=O) groups excluding carboxylic acids is 1. The summed E-state index contributed by atoms with van der Waals surface area (Å²) in [5, 5.41) is 14.4. The van der Waals surface area contributed by atoms with Gasteiger partial charge in [-0.2, -0.15) is 0 Å². The van der Waals surface area contributed by atoms with Crippen molar-refractivity contribution in [2.75, 3.05) is 12.3 Å². The van der Waals surface area contributed by atoms with Crippen LogP contribution >= 0.6 is 23.1 Å². The lowest BCUT2D eigenvalue weighted by atomic mass is 10.2. The van der Waals surface area contributed by atoms with E-state index < -0.39 is 0 Å². The molecular formula is C16H17N5O2S2. The summed E-state index contributed by atoms with van der Waals surface area (Å²) >= 11 is 3.08. The van der Waals surface area contributed by atoms with Crippen LogP contribution in [0.15, 0.2) is 45.5 Å². The molecule has 0 unspecified atom stereocenters. The highest BCUT2D eigenvalue weighted by atomic mass is 32.2. The van der Waals surface area contributed by atoms with Gasteiger partial charge in [-0.15, -0.1) is 16.4 Å². The fraction of sp³-hybridized carbons (Fsp3) is 0.375. The highest BCUT2D eigenvalue weighted by Crippen LogP contribution is 2.35. The van der Waals surface area contributed by atoms with Gasteiger partial charge in [0.25, 0.3) is 0 Å². The number of likely N-dealkylation sites (tertiary alicyclic amines) is 1. The van der Waals surface area contributed by atoms with E-state index in [-0.39, 0.29) is 11.9 Å². The third kappa shape index (κ3) is 3.62. The van der Waals surface area contributed by atoms with Gasteiger partial charge in [-0.3, -0.25) is 4.79 Å². The van der Waals surface area contributed by atoms with Gasteiger partial charge in [-0.05, 0) is 46.8 Å². The largest absolute Gasteiger partial charge is 0.467 e. The Bertz CT molecular complexity index is 816.